The van der Waals surface area contributed by atoms with Crippen LogP contribution in [0.15, 0.2) is 352 Å². The third-order valence-electron chi connectivity index (χ3n) is 18.8. The monoisotopic (exact) mass is 1330 g/mol. The second-order valence-electron chi connectivity index (χ2n) is 24.9. The van der Waals surface area contributed by atoms with E-state index in [1.165, 1.54) is 87.8 Å². The van der Waals surface area contributed by atoms with Crippen molar-refractivity contribution in [2.24, 2.45) is 0 Å². The molecule has 0 amide bonds. The molecule has 6 aromatic heterocycles. The van der Waals surface area contributed by atoms with Crippen LogP contribution in [0.5, 0.6) is 0 Å². The molecule has 1 N–H and O–H groups in total. The van der Waals surface area contributed by atoms with Gasteiger partial charge < -0.3 is 14.1 Å². The maximum Gasteiger partial charge on any atom is 0.238 e. The van der Waals surface area contributed by atoms with Crippen LogP contribution in [0.3, 0.4) is 0 Å². The standard InChI is InChI=1S/C45H29N5.C30H20N2.C15H10ClN3.CH4/c1-4-14-30(15-5-1)43-46-44(31-16-6-2-7-17-31)48-45(47-43)50-40-23-13-11-21-36(40)38-29-33(25-27-42(38)50)32-24-26-41-37(28-32)35-20-10-12-22-39(35)49(41)34-18-8-3-9-19-34;1-2-8-22(9-3-1)32-29-13-7-5-11-24(29)26-19-21(15-17-30(26)32)20-14-16-28-25(18-20)23-10-4-6-12-27(23)31-28;16-15-18-13(11-7-3-1-4-8-11)17-14(19-15)12-9-5-2-6-10-12;/h1-29H;1-19,31H;1-10H;1H4. The van der Waals surface area contributed by atoms with Crippen LogP contribution < -0.4 is 0 Å². The summed E-state index contributed by atoms with van der Waals surface area (Å²) < 4.78 is 6.89. The van der Waals surface area contributed by atoms with Crippen LogP contribution in [0.2, 0.25) is 5.28 Å². The lowest BCUT2D eigenvalue weighted by Crippen LogP contribution is -2.06. The molecule has 0 atom stereocenters. The Balaban J connectivity index is 0.000000127. The number of hydrogen-bond acceptors (Lipinski definition) is 6. The summed E-state index contributed by atoms with van der Waals surface area (Å²) in [4.78, 5) is 31.4. The zero-order valence-corrected chi connectivity index (χ0v) is 55.1. The molecule has 0 bridgehead atoms. The van der Waals surface area contributed by atoms with E-state index in [1.807, 2.05) is 121 Å². The molecular formula is C91H63ClN10. The molecule has 10 nitrogen and oxygen atoms in total. The molecule has 20 rings (SSSR count). The third-order valence-corrected chi connectivity index (χ3v) is 18.9. The van der Waals surface area contributed by atoms with Gasteiger partial charge in [0.1, 0.15) is 0 Å². The summed E-state index contributed by atoms with van der Waals surface area (Å²) in [5, 5.41) is 10.1. The predicted molar refractivity (Wildman–Crippen MR) is 423 cm³/mol. The Morgan fingerprint density at radius 1 is 0.216 bits per heavy atom. The molecule has 0 fully saturated rings. The average Bonchev–Trinajstić information content (AvgIpc) is 1.59. The molecule has 0 spiro atoms. The number of nitrogens with one attached hydrogen (secondary N) is 1. The zero-order valence-electron chi connectivity index (χ0n) is 54.4. The highest BCUT2D eigenvalue weighted by Gasteiger charge is 2.21. The van der Waals surface area contributed by atoms with E-state index in [4.69, 9.17) is 26.6 Å². The van der Waals surface area contributed by atoms with Gasteiger partial charge in [-0.15, -0.1) is 0 Å². The predicted octanol–water partition coefficient (Wildman–Crippen LogP) is 23.6. The Hall–Kier alpha value is -13.4. The number of fused-ring (bicyclic) bond motifs is 12. The Bertz CT molecular complexity index is 6330. The summed E-state index contributed by atoms with van der Waals surface area (Å²) in [7, 11) is 0. The number of para-hydroxylation sites is 6. The lowest BCUT2D eigenvalue weighted by molar-refractivity contribution is 0.953. The number of H-pyrrole nitrogens is 1. The molecule has 102 heavy (non-hydrogen) atoms. The van der Waals surface area contributed by atoms with Gasteiger partial charge >= 0.3 is 0 Å². The van der Waals surface area contributed by atoms with Gasteiger partial charge in [0.15, 0.2) is 23.3 Å². The largest absolute Gasteiger partial charge is 0.355 e. The van der Waals surface area contributed by atoms with Crippen molar-refractivity contribution < 1.29 is 0 Å². The number of benzene rings is 14. The van der Waals surface area contributed by atoms with E-state index in [0.717, 1.165) is 55.3 Å². The first-order chi connectivity index (χ1) is 50.0. The van der Waals surface area contributed by atoms with Crippen molar-refractivity contribution >= 4 is 98.8 Å². The molecule has 20 aromatic rings. The van der Waals surface area contributed by atoms with Crippen LogP contribution in [0.25, 0.3) is 172 Å². The molecule has 0 aliphatic heterocycles. The minimum atomic E-state index is 0. The van der Waals surface area contributed by atoms with E-state index in [9.17, 15) is 0 Å². The van der Waals surface area contributed by atoms with Gasteiger partial charge in [-0.2, -0.15) is 19.9 Å². The molecule has 11 heteroatoms. The number of aromatic nitrogens is 10. The van der Waals surface area contributed by atoms with Gasteiger partial charge in [-0.25, -0.2) is 9.97 Å². The summed E-state index contributed by atoms with van der Waals surface area (Å²) in [5.41, 5.74) is 20.2. The van der Waals surface area contributed by atoms with E-state index in [0.29, 0.717) is 29.2 Å². The SMILES string of the molecule is C.Clc1nc(-c2ccccc2)nc(-c2ccccc2)n1.c1ccc(-c2nc(-c3ccccc3)nc(-n3c4ccccc4c4cc(-c5ccc6c(c5)c5ccccc5n6-c5ccccc5)ccc43)n2)cc1.c1ccc(-n2c3ccccc3c3cc(-c4ccc5[nH]c6ccccc6c5c4)ccc32)cc1. The summed E-state index contributed by atoms with van der Waals surface area (Å²) in [6, 6.07) is 122. The summed E-state index contributed by atoms with van der Waals surface area (Å²) >= 11 is 5.99. The van der Waals surface area contributed by atoms with Crippen LogP contribution in [0.1, 0.15) is 7.43 Å². The molecule has 0 aliphatic carbocycles. The topological polar surface area (TPSA) is 108 Å². The van der Waals surface area contributed by atoms with Gasteiger partial charge in [-0.3, -0.25) is 4.57 Å². The third kappa shape index (κ3) is 11.5. The zero-order chi connectivity index (χ0) is 67.2. The van der Waals surface area contributed by atoms with Crippen molar-refractivity contribution in [2.75, 3.05) is 0 Å². The number of hydrogen-bond donors (Lipinski definition) is 1. The van der Waals surface area contributed by atoms with E-state index in [-0.39, 0.29) is 12.7 Å². The molecule has 0 unspecified atom stereocenters. The smallest absolute Gasteiger partial charge is 0.238 e. The lowest BCUT2D eigenvalue weighted by Gasteiger charge is -2.11. The first-order valence-electron chi connectivity index (χ1n) is 33.6. The van der Waals surface area contributed by atoms with Gasteiger partial charge in [0.05, 0.1) is 33.1 Å². The average molecular weight is 1330 g/mol. The van der Waals surface area contributed by atoms with Crippen LogP contribution in [-0.4, -0.2) is 48.6 Å². The Morgan fingerprint density at radius 2 is 0.500 bits per heavy atom. The van der Waals surface area contributed by atoms with Crippen molar-refractivity contribution in [1.29, 1.82) is 0 Å². The van der Waals surface area contributed by atoms with Crippen molar-refractivity contribution in [3.05, 3.63) is 357 Å². The van der Waals surface area contributed by atoms with Crippen molar-refractivity contribution in [2.45, 2.75) is 7.43 Å². The molecule has 0 aliphatic rings. The minimum absolute atomic E-state index is 0. The van der Waals surface area contributed by atoms with Gasteiger partial charge in [0.25, 0.3) is 0 Å². The molecule has 0 radical (unpaired) electrons. The molecule has 6 heterocycles. The van der Waals surface area contributed by atoms with Gasteiger partial charge in [0.2, 0.25) is 11.2 Å². The second kappa shape index (κ2) is 26.8. The van der Waals surface area contributed by atoms with Crippen LogP contribution >= 0.6 is 11.6 Å². The Morgan fingerprint density at radius 3 is 0.902 bits per heavy atom. The fraction of sp³-hybridized carbons (Fsp3) is 0.0110. The van der Waals surface area contributed by atoms with E-state index >= 15 is 0 Å². The van der Waals surface area contributed by atoms with Crippen molar-refractivity contribution in [1.82, 2.24) is 48.6 Å². The Kier molecular flexibility index (Phi) is 16.3. The van der Waals surface area contributed by atoms with E-state index in [2.05, 4.69) is 264 Å². The van der Waals surface area contributed by atoms with Gasteiger partial charge in [-0.1, -0.05) is 262 Å². The number of halogens is 1. The molecule has 484 valence electrons. The summed E-state index contributed by atoms with van der Waals surface area (Å²) in [5.74, 6) is 3.03. The normalized spacial score (nSPS) is 11.3. The minimum Gasteiger partial charge on any atom is -0.355 e. The maximum absolute atomic E-state index is 5.99. The first-order valence-corrected chi connectivity index (χ1v) is 34.0. The van der Waals surface area contributed by atoms with E-state index < -0.39 is 0 Å². The fourth-order valence-electron chi connectivity index (χ4n) is 14.1. The highest BCUT2D eigenvalue weighted by molar-refractivity contribution is 6.28. The molecular weight excluding hydrogens is 1270 g/mol. The highest BCUT2D eigenvalue weighted by atomic mass is 35.5. The van der Waals surface area contributed by atoms with Crippen LogP contribution in [-0.2, 0) is 0 Å². The number of aromatic amines is 1. The van der Waals surface area contributed by atoms with Crippen molar-refractivity contribution in [3.8, 4) is 85.1 Å². The van der Waals surface area contributed by atoms with Crippen molar-refractivity contribution in [3.63, 3.8) is 0 Å². The molecule has 14 aromatic carbocycles. The maximum atomic E-state index is 5.99. The highest BCUT2D eigenvalue weighted by Crippen LogP contribution is 2.41. The second-order valence-corrected chi connectivity index (χ2v) is 25.2. The van der Waals surface area contributed by atoms with Gasteiger partial charge in [-0.05, 0) is 131 Å². The van der Waals surface area contributed by atoms with Gasteiger partial charge in [0, 0.05) is 87.8 Å². The quantitative estimate of drug-likeness (QED) is 0.154. The number of nitrogens with zero attached hydrogens (tertiary/aromatic N) is 9. The summed E-state index contributed by atoms with van der Waals surface area (Å²) in [6.07, 6.45) is 0. The van der Waals surface area contributed by atoms with Crippen LogP contribution in [0, 0.1) is 0 Å². The van der Waals surface area contributed by atoms with E-state index in [1.54, 1.807) is 0 Å². The fourth-order valence-corrected chi connectivity index (χ4v) is 14.3. The Labute approximate surface area is 593 Å². The lowest BCUT2D eigenvalue weighted by atomic mass is 10.0. The molecule has 0 saturated heterocycles. The number of rotatable bonds is 9. The summed E-state index contributed by atoms with van der Waals surface area (Å²) in [6.45, 7) is 0. The molecule has 0 saturated carbocycles. The first kappa shape index (κ1) is 62.1. The van der Waals surface area contributed by atoms with Crippen LogP contribution in [0.4, 0.5) is 0 Å².